The van der Waals surface area contributed by atoms with Crippen molar-refractivity contribution in [3.8, 4) is 0 Å². The molecule has 5 heteroatoms. The quantitative estimate of drug-likeness (QED) is 0.848. The van der Waals surface area contributed by atoms with E-state index >= 15 is 0 Å². The standard InChI is InChI=1S/C16H15F2N3/c17-14-2-1-3-16(7-14)21-10-13(9-20)12-4-11(8-19)5-15(18)6-12/h1-7,9-10H,8,19-20H2. The van der Waals surface area contributed by atoms with Gasteiger partial charge in [-0.15, -0.1) is 0 Å². The minimum atomic E-state index is -0.397. The van der Waals surface area contributed by atoms with Crippen molar-refractivity contribution in [3.05, 3.63) is 71.4 Å². The number of hydrogen-bond donors (Lipinski definition) is 2. The molecule has 0 aliphatic rings. The zero-order valence-electron chi connectivity index (χ0n) is 11.3. The summed E-state index contributed by atoms with van der Waals surface area (Å²) in [6.45, 7) is 0.226. The van der Waals surface area contributed by atoms with Gasteiger partial charge in [0.2, 0.25) is 0 Å². The summed E-state index contributed by atoms with van der Waals surface area (Å²) in [5.74, 6) is -0.773. The predicted octanol–water partition coefficient (Wildman–Crippen LogP) is 3.13. The van der Waals surface area contributed by atoms with E-state index in [-0.39, 0.29) is 12.4 Å². The highest BCUT2D eigenvalue weighted by Crippen LogP contribution is 2.18. The number of aliphatic imine (C=N–C) groups is 1. The van der Waals surface area contributed by atoms with E-state index in [1.54, 1.807) is 18.2 Å². The van der Waals surface area contributed by atoms with Crippen molar-refractivity contribution < 1.29 is 8.78 Å². The molecule has 0 spiro atoms. The molecule has 0 radical (unpaired) electrons. The van der Waals surface area contributed by atoms with Gasteiger partial charge in [-0.3, -0.25) is 4.99 Å². The van der Waals surface area contributed by atoms with Crippen LogP contribution >= 0.6 is 0 Å². The van der Waals surface area contributed by atoms with E-state index in [4.69, 9.17) is 11.5 Å². The molecule has 3 nitrogen and oxygen atoms in total. The van der Waals surface area contributed by atoms with Gasteiger partial charge < -0.3 is 11.5 Å². The van der Waals surface area contributed by atoms with Gasteiger partial charge in [0.25, 0.3) is 0 Å². The van der Waals surface area contributed by atoms with Crippen LogP contribution in [0.5, 0.6) is 0 Å². The van der Waals surface area contributed by atoms with E-state index in [9.17, 15) is 8.78 Å². The second kappa shape index (κ2) is 6.76. The molecule has 0 amide bonds. The molecule has 2 rings (SSSR count). The van der Waals surface area contributed by atoms with Gasteiger partial charge in [-0.05, 0) is 47.5 Å². The molecule has 2 aromatic rings. The summed E-state index contributed by atoms with van der Waals surface area (Å²) < 4.78 is 26.6. The SMILES string of the molecule is NC=C(C=Nc1cccc(F)c1)c1cc(F)cc(CN)c1. The van der Waals surface area contributed by atoms with E-state index in [0.29, 0.717) is 22.4 Å². The van der Waals surface area contributed by atoms with Crippen LogP contribution in [0, 0.1) is 11.6 Å². The first-order chi connectivity index (χ1) is 10.1. The van der Waals surface area contributed by atoms with Gasteiger partial charge in [-0.2, -0.15) is 0 Å². The molecule has 0 saturated carbocycles. The van der Waals surface area contributed by atoms with Gasteiger partial charge in [-0.1, -0.05) is 6.07 Å². The lowest BCUT2D eigenvalue weighted by atomic mass is 10.0. The maximum Gasteiger partial charge on any atom is 0.125 e. The van der Waals surface area contributed by atoms with Crippen molar-refractivity contribution in [3.63, 3.8) is 0 Å². The number of allylic oxidation sites excluding steroid dienone is 1. The predicted molar refractivity (Wildman–Crippen MR) is 81.0 cm³/mol. The Bertz CT molecular complexity index is 694. The largest absolute Gasteiger partial charge is 0.404 e. The Morgan fingerprint density at radius 2 is 1.90 bits per heavy atom. The van der Waals surface area contributed by atoms with E-state index in [1.165, 1.54) is 36.7 Å². The Morgan fingerprint density at radius 3 is 2.57 bits per heavy atom. The number of nitrogens with zero attached hydrogens (tertiary/aromatic N) is 1. The zero-order chi connectivity index (χ0) is 15.2. The van der Waals surface area contributed by atoms with Gasteiger partial charge in [0, 0.05) is 24.5 Å². The average molecular weight is 287 g/mol. The number of halogens is 2. The Hall–Kier alpha value is -2.53. The molecule has 0 bridgehead atoms. The first-order valence-corrected chi connectivity index (χ1v) is 6.34. The van der Waals surface area contributed by atoms with Gasteiger partial charge >= 0.3 is 0 Å². The third kappa shape index (κ3) is 3.97. The van der Waals surface area contributed by atoms with Gasteiger partial charge in [0.1, 0.15) is 11.6 Å². The van der Waals surface area contributed by atoms with Crippen LogP contribution in [0.15, 0.2) is 53.7 Å². The lowest BCUT2D eigenvalue weighted by Gasteiger charge is -2.05. The summed E-state index contributed by atoms with van der Waals surface area (Å²) in [6.07, 6.45) is 2.78. The van der Waals surface area contributed by atoms with Crippen LogP contribution in [0.1, 0.15) is 11.1 Å². The minimum Gasteiger partial charge on any atom is -0.404 e. The number of hydrogen-bond acceptors (Lipinski definition) is 3. The summed E-state index contributed by atoms with van der Waals surface area (Å²) in [5, 5.41) is 0. The van der Waals surface area contributed by atoms with Crippen LogP contribution in [0.3, 0.4) is 0 Å². The molecular weight excluding hydrogens is 272 g/mol. The number of benzene rings is 2. The Labute approximate surface area is 121 Å². The average Bonchev–Trinajstić information content (AvgIpc) is 2.47. The zero-order valence-corrected chi connectivity index (χ0v) is 11.3. The minimum absolute atomic E-state index is 0.226. The molecule has 0 heterocycles. The van der Waals surface area contributed by atoms with Gasteiger partial charge in [0.15, 0.2) is 0 Å². The van der Waals surface area contributed by atoms with Crippen LogP contribution in [-0.4, -0.2) is 6.21 Å². The number of rotatable bonds is 4. The highest BCUT2D eigenvalue weighted by Gasteiger charge is 2.04. The van der Waals surface area contributed by atoms with E-state index in [0.717, 1.165) is 0 Å². The molecular formula is C16H15F2N3. The smallest absolute Gasteiger partial charge is 0.125 e. The van der Waals surface area contributed by atoms with E-state index in [2.05, 4.69) is 4.99 Å². The second-order valence-corrected chi connectivity index (χ2v) is 4.41. The number of nitrogens with two attached hydrogens (primary N) is 2. The fraction of sp³-hybridized carbons (Fsp3) is 0.0625. The first-order valence-electron chi connectivity index (χ1n) is 6.34. The maximum atomic E-state index is 13.5. The summed E-state index contributed by atoms with van der Waals surface area (Å²) in [7, 11) is 0. The van der Waals surface area contributed by atoms with Crippen LogP contribution < -0.4 is 11.5 Å². The van der Waals surface area contributed by atoms with Crippen molar-refractivity contribution in [2.24, 2.45) is 16.5 Å². The molecule has 0 atom stereocenters. The molecule has 2 aromatic carbocycles. The fourth-order valence-corrected chi connectivity index (χ4v) is 1.85. The first kappa shape index (κ1) is 14.9. The lowest BCUT2D eigenvalue weighted by molar-refractivity contribution is 0.625. The Morgan fingerprint density at radius 1 is 1.10 bits per heavy atom. The topological polar surface area (TPSA) is 64.4 Å². The molecule has 0 aliphatic heterocycles. The highest BCUT2D eigenvalue weighted by atomic mass is 19.1. The van der Waals surface area contributed by atoms with Crippen LogP contribution in [0.2, 0.25) is 0 Å². The van der Waals surface area contributed by atoms with Crippen LogP contribution in [0.4, 0.5) is 14.5 Å². The molecule has 0 saturated heterocycles. The van der Waals surface area contributed by atoms with Crippen molar-refractivity contribution in [1.29, 1.82) is 0 Å². The van der Waals surface area contributed by atoms with Crippen molar-refractivity contribution >= 4 is 17.5 Å². The third-order valence-corrected chi connectivity index (χ3v) is 2.87. The van der Waals surface area contributed by atoms with Crippen LogP contribution in [0.25, 0.3) is 5.57 Å². The van der Waals surface area contributed by atoms with E-state index in [1.807, 2.05) is 0 Å². The van der Waals surface area contributed by atoms with Crippen molar-refractivity contribution in [2.75, 3.05) is 0 Å². The summed E-state index contributed by atoms with van der Waals surface area (Å²) in [6, 6.07) is 10.3. The van der Waals surface area contributed by atoms with Crippen molar-refractivity contribution in [1.82, 2.24) is 0 Å². The molecule has 4 N–H and O–H groups in total. The van der Waals surface area contributed by atoms with Gasteiger partial charge in [-0.25, -0.2) is 8.78 Å². The molecule has 21 heavy (non-hydrogen) atoms. The van der Waals surface area contributed by atoms with Crippen LogP contribution in [-0.2, 0) is 6.54 Å². The Kier molecular flexibility index (Phi) is 4.79. The highest BCUT2D eigenvalue weighted by molar-refractivity contribution is 6.10. The van der Waals surface area contributed by atoms with E-state index < -0.39 is 5.82 Å². The molecule has 0 unspecified atom stereocenters. The Balaban J connectivity index is 2.31. The van der Waals surface area contributed by atoms with Crippen molar-refractivity contribution in [2.45, 2.75) is 6.54 Å². The molecule has 0 fully saturated rings. The normalized spacial score (nSPS) is 12.0. The third-order valence-electron chi connectivity index (χ3n) is 2.87. The maximum absolute atomic E-state index is 13.5. The lowest BCUT2D eigenvalue weighted by Crippen LogP contribution is -2.00. The molecule has 0 aromatic heterocycles. The molecule has 108 valence electrons. The fourth-order valence-electron chi connectivity index (χ4n) is 1.85. The summed E-state index contributed by atoms with van der Waals surface area (Å²) in [5.41, 5.74) is 13.3. The summed E-state index contributed by atoms with van der Waals surface area (Å²) >= 11 is 0. The second-order valence-electron chi connectivity index (χ2n) is 4.41. The summed E-state index contributed by atoms with van der Waals surface area (Å²) in [4.78, 5) is 4.13. The van der Waals surface area contributed by atoms with Gasteiger partial charge in [0.05, 0.1) is 5.69 Å². The molecule has 0 aliphatic carbocycles. The monoisotopic (exact) mass is 287 g/mol.